The molecule has 0 aliphatic carbocycles. The highest BCUT2D eigenvalue weighted by Gasteiger charge is 2.71. The van der Waals surface area contributed by atoms with E-state index in [1.165, 1.54) is 20.8 Å². The van der Waals surface area contributed by atoms with Crippen molar-refractivity contribution >= 4 is 23.8 Å². The van der Waals surface area contributed by atoms with Crippen molar-refractivity contribution in [2.45, 2.75) is 95.8 Å². The van der Waals surface area contributed by atoms with E-state index in [9.17, 15) is 19.2 Å². The molecule has 38 heavy (non-hydrogen) atoms. The van der Waals surface area contributed by atoms with Crippen LogP contribution < -0.4 is 5.32 Å². The number of amides is 1. The molecule has 0 saturated carbocycles. The molecule has 1 unspecified atom stereocenters. The van der Waals surface area contributed by atoms with Gasteiger partial charge in [-0.2, -0.15) is 0 Å². The number of hydrogen-bond acceptors (Lipinski definition) is 10. The number of carbonyl (C=O) groups excluding carboxylic acids is 4. The van der Waals surface area contributed by atoms with Gasteiger partial charge in [-0.1, -0.05) is 30.3 Å². The Morgan fingerprint density at radius 2 is 1.63 bits per heavy atom. The Morgan fingerprint density at radius 1 is 1.00 bits per heavy atom. The topological polar surface area (TPSA) is 129 Å². The van der Waals surface area contributed by atoms with Gasteiger partial charge in [-0.05, 0) is 20.8 Å². The Morgan fingerprint density at radius 3 is 2.21 bits per heavy atom. The van der Waals surface area contributed by atoms with E-state index in [4.69, 9.17) is 23.7 Å². The molecule has 1 amide bonds. The largest absolute Gasteiger partial charge is 0.460 e. The van der Waals surface area contributed by atoms with Crippen LogP contribution in [0, 0.1) is 0 Å². The van der Waals surface area contributed by atoms with Gasteiger partial charge < -0.3 is 29.0 Å². The lowest BCUT2D eigenvalue weighted by molar-refractivity contribution is -0.276. The quantitative estimate of drug-likeness (QED) is 0.328. The molecule has 1 aromatic carbocycles. The van der Waals surface area contributed by atoms with Gasteiger partial charge in [0.2, 0.25) is 5.91 Å². The van der Waals surface area contributed by atoms with Crippen LogP contribution in [0.5, 0.6) is 0 Å². The summed E-state index contributed by atoms with van der Waals surface area (Å²) in [6, 6.07) is 7.81. The predicted octanol–water partition coefficient (Wildman–Crippen LogP) is 1.64. The van der Waals surface area contributed by atoms with Crippen LogP contribution in [0.4, 0.5) is 0 Å². The first-order valence-corrected chi connectivity index (χ1v) is 12.7. The van der Waals surface area contributed by atoms with Crippen LogP contribution in [0.3, 0.4) is 0 Å². The normalized spacial score (nSPS) is 34.3. The van der Waals surface area contributed by atoms with Crippen LogP contribution in [-0.4, -0.2) is 83.4 Å². The Balaban J connectivity index is 1.75. The molecule has 3 aliphatic rings. The number of piperidine rings is 1. The molecule has 0 bridgehead atoms. The minimum absolute atomic E-state index is 0.0264. The first kappa shape index (κ1) is 28.0. The molecular weight excluding hydrogens is 496 g/mol. The molecule has 3 heterocycles. The fourth-order valence-electron chi connectivity index (χ4n) is 5.40. The van der Waals surface area contributed by atoms with E-state index < -0.39 is 65.7 Å². The van der Waals surface area contributed by atoms with E-state index in [1.54, 1.807) is 20.8 Å². The molecule has 3 aliphatic heterocycles. The monoisotopic (exact) mass is 532 g/mol. The zero-order chi connectivity index (χ0) is 27.8. The lowest BCUT2D eigenvalue weighted by Gasteiger charge is -2.47. The maximum Gasteiger partial charge on any atom is 0.328 e. The molecule has 3 fully saturated rings. The van der Waals surface area contributed by atoms with Crippen LogP contribution in [0.1, 0.15) is 59.8 Å². The molecule has 1 N–H and O–H groups in total. The van der Waals surface area contributed by atoms with Gasteiger partial charge in [0.25, 0.3) is 0 Å². The highest BCUT2D eigenvalue weighted by molar-refractivity contribution is 5.86. The Kier molecular flexibility index (Phi) is 7.83. The van der Waals surface area contributed by atoms with Gasteiger partial charge in [-0.25, -0.2) is 4.79 Å². The first-order chi connectivity index (χ1) is 17.8. The van der Waals surface area contributed by atoms with Gasteiger partial charge in [0, 0.05) is 39.3 Å². The molecule has 1 aromatic rings. The number of nitrogens with one attached hydrogen (secondary N) is 1. The summed E-state index contributed by atoms with van der Waals surface area (Å²) in [6.07, 6.45) is -3.19. The highest BCUT2D eigenvalue weighted by atomic mass is 16.7. The van der Waals surface area contributed by atoms with Crippen LogP contribution in [-0.2, 0) is 42.9 Å². The second kappa shape index (κ2) is 10.6. The van der Waals surface area contributed by atoms with E-state index in [0.29, 0.717) is 6.54 Å². The summed E-state index contributed by atoms with van der Waals surface area (Å²) in [6.45, 7) is 9.58. The highest BCUT2D eigenvalue weighted by Crippen LogP contribution is 2.50. The Labute approximate surface area is 222 Å². The van der Waals surface area contributed by atoms with Crippen LogP contribution in [0.15, 0.2) is 30.3 Å². The van der Waals surface area contributed by atoms with Crippen LogP contribution in [0.25, 0.3) is 0 Å². The molecule has 0 aromatic heterocycles. The standard InChI is InChI=1S/C27H36N2O9/c1-15(30)28-21-19(35-16(2)31)12-27(25(33)38-26(4,5)6)14-29(27)22(21)23-20(36-17(3)32)13-34-24(37-23)18-10-8-7-9-11-18/h7-11,19-24H,12-14H2,1-6H3,(H,28,30)/t19-,20-,21-,22-,23-,24-,27-,29?/m1/s1. The van der Waals surface area contributed by atoms with Gasteiger partial charge >= 0.3 is 17.9 Å². The zero-order valence-corrected chi connectivity index (χ0v) is 22.6. The fraction of sp³-hybridized carbons (Fsp3) is 0.630. The van der Waals surface area contributed by atoms with Crippen molar-refractivity contribution in [1.29, 1.82) is 0 Å². The van der Waals surface area contributed by atoms with Crippen molar-refractivity contribution < 1.29 is 42.9 Å². The van der Waals surface area contributed by atoms with Crippen molar-refractivity contribution in [3.63, 3.8) is 0 Å². The van der Waals surface area contributed by atoms with Crippen molar-refractivity contribution in [3.8, 4) is 0 Å². The summed E-state index contributed by atoms with van der Waals surface area (Å²) in [5.41, 5.74) is -1.07. The average molecular weight is 533 g/mol. The molecule has 0 radical (unpaired) electrons. The summed E-state index contributed by atoms with van der Waals surface area (Å²) < 4.78 is 29.4. The minimum atomic E-state index is -1.09. The van der Waals surface area contributed by atoms with E-state index in [2.05, 4.69) is 5.32 Å². The van der Waals surface area contributed by atoms with E-state index in [0.717, 1.165) is 5.56 Å². The van der Waals surface area contributed by atoms with E-state index in [-0.39, 0.29) is 18.9 Å². The smallest absolute Gasteiger partial charge is 0.328 e. The number of carbonyl (C=O) groups is 4. The molecule has 0 spiro atoms. The minimum Gasteiger partial charge on any atom is -0.460 e. The molecule has 11 nitrogen and oxygen atoms in total. The van der Waals surface area contributed by atoms with Crippen LogP contribution >= 0.6 is 0 Å². The maximum atomic E-state index is 13.5. The number of esters is 3. The van der Waals surface area contributed by atoms with Gasteiger partial charge in [0.15, 0.2) is 12.4 Å². The molecule has 8 atom stereocenters. The summed E-state index contributed by atoms with van der Waals surface area (Å²) in [5, 5.41) is 2.90. The number of hydrogen-bond donors (Lipinski definition) is 1. The number of fused-ring (bicyclic) bond motifs is 1. The van der Waals surface area contributed by atoms with Gasteiger partial charge in [0.05, 0.1) is 18.7 Å². The van der Waals surface area contributed by atoms with Crippen molar-refractivity contribution in [2.75, 3.05) is 13.2 Å². The molecule has 3 saturated heterocycles. The predicted molar refractivity (Wildman–Crippen MR) is 132 cm³/mol. The fourth-order valence-corrected chi connectivity index (χ4v) is 5.40. The average Bonchev–Trinajstić information content (AvgIpc) is 3.54. The van der Waals surface area contributed by atoms with Crippen molar-refractivity contribution in [3.05, 3.63) is 35.9 Å². The maximum absolute atomic E-state index is 13.5. The number of rotatable bonds is 6. The molecule has 11 heteroatoms. The van der Waals surface area contributed by atoms with Gasteiger partial charge in [0.1, 0.15) is 23.3 Å². The van der Waals surface area contributed by atoms with Crippen molar-refractivity contribution in [2.24, 2.45) is 0 Å². The van der Waals surface area contributed by atoms with Gasteiger partial charge in [-0.3, -0.25) is 19.3 Å². The lowest BCUT2D eigenvalue weighted by Crippen LogP contribution is -2.67. The number of nitrogens with zero attached hydrogens (tertiary/aromatic N) is 1. The van der Waals surface area contributed by atoms with Crippen molar-refractivity contribution in [1.82, 2.24) is 10.2 Å². The third-order valence-electron chi connectivity index (χ3n) is 6.80. The summed E-state index contributed by atoms with van der Waals surface area (Å²) >= 11 is 0. The first-order valence-electron chi connectivity index (χ1n) is 12.7. The van der Waals surface area contributed by atoms with Gasteiger partial charge in [-0.15, -0.1) is 0 Å². The molecular formula is C27H36N2O9. The second-order valence-corrected chi connectivity index (χ2v) is 11.1. The third-order valence-corrected chi connectivity index (χ3v) is 6.80. The number of ether oxygens (including phenoxy) is 5. The SMILES string of the molecule is CC(=O)N[C@H]1[C@H]([C@@H]2O[C@H](c3ccccc3)OC[C@H]2OC(C)=O)N2C[C@@]2(C(=O)OC(C)(C)C)C[C@H]1OC(C)=O. The second-order valence-electron chi connectivity index (χ2n) is 11.1. The summed E-state index contributed by atoms with van der Waals surface area (Å²) in [7, 11) is 0. The third kappa shape index (κ3) is 6.00. The Bertz CT molecular complexity index is 1070. The lowest BCUT2D eigenvalue weighted by atomic mass is 9.84. The zero-order valence-electron chi connectivity index (χ0n) is 22.6. The van der Waals surface area contributed by atoms with E-state index >= 15 is 0 Å². The molecule has 4 rings (SSSR count). The van der Waals surface area contributed by atoms with E-state index in [1.807, 2.05) is 35.2 Å². The summed E-state index contributed by atoms with van der Waals surface area (Å²) in [5.74, 6) is -1.88. The molecule has 208 valence electrons. The number of benzene rings is 1. The summed E-state index contributed by atoms with van der Waals surface area (Å²) in [4.78, 5) is 51.8. The Hall–Kier alpha value is -3.02. The van der Waals surface area contributed by atoms with Crippen LogP contribution in [0.2, 0.25) is 0 Å².